The Bertz CT molecular complexity index is 1250. The molecule has 5 rings (SSSR count). The predicted octanol–water partition coefficient (Wildman–Crippen LogP) is 4.91. The van der Waals surface area contributed by atoms with Gasteiger partial charge in [-0.3, -0.25) is 4.79 Å². The monoisotopic (exact) mass is 518 g/mol. The number of amides is 1. The fraction of sp³-hybridized carbons (Fsp3) is 0.433. The topological polar surface area (TPSA) is 85.4 Å². The van der Waals surface area contributed by atoms with Crippen LogP contribution in [0.4, 0.5) is 5.69 Å². The molecule has 3 atom stereocenters. The summed E-state index contributed by atoms with van der Waals surface area (Å²) in [7, 11) is 0. The number of aliphatic hydroxyl groups excluding tert-OH is 1. The van der Waals surface area contributed by atoms with E-state index in [2.05, 4.69) is 58.5 Å². The fourth-order valence-electron chi connectivity index (χ4n) is 5.20. The van der Waals surface area contributed by atoms with Gasteiger partial charge in [-0.2, -0.15) is 0 Å². The van der Waals surface area contributed by atoms with Gasteiger partial charge >= 0.3 is 0 Å². The van der Waals surface area contributed by atoms with E-state index < -0.39 is 0 Å². The maximum atomic E-state index is 13.2. The molecule has 0 radical (unpaired) electrons. The third-order valence-electron chi connectivity index (χ3n) is 7.57. The van der Waals surface area contributed by atoms with Gasteiger partial charge in [-0.05, 0) is 86.6 Å². The number of thiophene rings is 1. The maximum Gasteiger partial charge on any atom is 0.252 e. The van der Waals surface area contributed by atoms with Crippen molar-refractivity contribution in [2.24, 2.45) is 0 Å². The summed E-state index contributed by atoms with van der Waals surface area (Å²) in [4.78, 5) is 15.8. The van der Waals surface area contributed by atoms with Crippen LogP contribution in [0.1, 0.15) is 64.2 Å². The Morgan fingerprint density at radius 1 is 1.08 bits per heavy atom. The third-order valence-corrected chi connectivity index (χ3v) is 8.86. The van der Waals surface area contributed by atoms with Crippen LogP contribution in [0, 0.1) is 13.8 Å². The van der Waals surface area contributed by atoms with Crippen molar-refractivity contribution in [1.29, 1.82) is 0 Å². The van der Waals surface area contributed by atoms with Gasteiger partial charge in [0.25, 0.3) is 5.91 Å². The van der Waals surface area contributed by atoms with Gasteiger partial charge in [-0.25, -0.2) is 0 Å². The molecule has 1 saturated carbocycles. The summed E-state index contributed by atoms with van der Waals surface area (Å²) in [6.45, 7) is 8.93. The first-order valence-corrected chi connectivity index (χ1v) is 14.2. The highest BCUT2D eigenvalue weighted by Crippen LogP contribution is 2.34. The van der Waals surface area contributed by atoms with Crippen molar-refractivity contribution in [3.8, 4) is 10.4 Å². The van der Waals surface area contributed by atoms with E-state index in [1.165, 1.54) is 20.9 Å². The van der Waals surface area contributed by atoms with Crippen LogP contribution in [0.15, 0.2) is 48.5 Å². The van der Waals surface area contributed by atoms with Gasteiger partial charge in [0, 0.05) is 46.7 Å². The van der Waals surface area contributed by atoms with Gasteiger partial charge < -0.3 is 26.4 Å². The number of hydrogen-bond acceptors (Lipinski definition) is 6. The Kier molecular flexibility index (Phi) is 7.95. The summed E-state index contributed by atoms with van der Waals surface area (Å²) in [6, 6.07) is 17.5. The van der Waals surface area contributed by atoms with E-state index in [1.54, 1.807) is 0 Å². The van der Waals surface area contributed by atoms with Gasteiger partial charge in [0.2, 0.25) is 0 Å². The minimum atomic E-state index is -0.155. The molecule has 6 nitrogen and oxygen atoms in total. The van der Waals surface area contributed by atoms with Gasteiger partial charge in [-0.1, -0.05) is 24.3 Å². The van der Waals surface area contributed by atoms with E-state index in [0.717, 1.165) is 55.7 Å². The molecule has 1 aromatic heterocycles. The highest BCUT2D eigenvalue weighted by molar-refractivity contribution is 7.15. The molecule has 3 aromatic rings. The Hall–Kier alpha value is -2.71. The molecule has 37 heavy (non-hydrogen) atoms. The highest BCUT2D eigenvalue weighted by atomic mass is 32.1. The zero-order valence-electron chi connectivity index (χ0n) is 21.9. The number of hydrogen-bond donors (Lipinski definition) is 5. The SMILES string of the molecule is Cc1ccc(NC2CNC2)cc1C(=O)NC(C)c1cccc(-c2sc(CN[C@H]3CC[C@@H](O)C3)cc2C)c1. The first kappa shape index (κ1) is 25.9. The lowest BCUT2D eigenvalue weighted by Gasteiger charge is -2.29. The minimum Gasteiger partial charge on any atom is -0.393 e. The van der Waals surface area contributed by atoms with Crippen LogP contribution in [0.5, 0.6) is 0 Å². The summed E-state index contributed by atoms with van der Waals surface area (Å²) >= 11 is 1.82. The molecule has 5 N–H and O–H groups in total. The Morgan fingerprint density at radius 3 is 2.65 bits per heavy atom. The van der Waals surface area contributed by atoms with E-state index >= 15 is 0 Å². The Labute approximate surface area is 223 Å². The molecule has 1 unspecified atom stereocenters. The number of rotatable bonds is 9. The van der Waals surface area contributed by atoms with Crippen molar-refractivity contribution >= 4 is 22.9 Å². The normalized spacial score (nSPS) is 20.4. The summed E-state index contributed by atoms with van der Waals surface area (Å²) in [5.41, 5.74) is 6.20. The van der Waals surface area contributed by atoms with E-state index in [0.29, 0.717) is 17.6 Å². The summed E-state index contributed by atoms with van der Waals surface area (Å²) in [6.07, 6.45) is 2.63. The molecule has 2 aliphatic rings. The smallest absolute Gasteiger partial charge is 0.252 e. The number of carbonyl (C=O) groups excluding carboxylic acids is 1. The van der Waals surface area contributed by atoms with Gasteiger partial charge in [0.05, 0.1) is 18.2 Å². The molecule has 7 heteroatoms. The van der Waals surface area contributed by atoms with Crippen LogP contribution in [0.3, 0.4) is 0 Å². The average Bonchev–Trinajstić information content (AvgIpc) is 3.45. The van der Waals surface area contributed by atoms with Gasteiger partial charge in [-0.15, -0.1) is 11.3 Å². The quantitative estimate of drug-likeness (QED) is 0.278. The number of benzene rings is 2. The lowest BCUT2D eigenvalue weighted by molar-refractivity contribution is 0.0939. The summed E-state index contributed by atoms with van der Waals surface area (Å²) in [5.74, 6) is -0.0523. The summed E-state index contributed by atoms with van der Waals surface area (Å²) in [5, 5.41) is 23.4. The first-order valence-electron chi connectivity index (χ1n) is 13.4. The number of aryl methyl sites for hydroxylation is 2. The lowest BCUT2D eigenvalue weighted by atomic mass is 10.0. The molecule has 196 valence electrons. The molecule has 1 amide bonds. The molecule has 2 aromatic carbocycles. The second kappa shape index (κ2) is 11.4. The van der Waals surface area contributed by atoms with E-state index in [4.69, 9.17) is 0 Å². The Morgan fingerprint density at radius 2 is 1.92 bits per heavy atom. The van der Waals surface area contributed by atoms with E-state index in [1.807, 2.05) is 43.4 Å². The molecule has 2 fully saturated rings. The van der Waals surface area contributed by atoms with Crippen LogP contribution >= 0.6 is 11.3 Å². The van der Waals surface area contributed by atoms with Crippen molar-refractivity contribution in [2.75, 3.05) is 18.4 Å². The van der Waals surface area contributed by atoms with Gasteiger partial charge in [0.1, 0.15) is 0 Å². The van der Waals surface area contributed by atoms with Crippen molar-refractivity contribution < 1.29 is 9.90 Å². The largest absolute Gasteiger partial charge is 0.393 e. The molecule has 0 bridgehead atoms. The molecule has 2 heterocycles. The molecule has 1 aliphatic heterocycles. The van der Waals surface area contributed by atoms with Crippen LogP contribution in [0.25, 0.3) is 10.4 Å². The highest BCUT2D eigenvalue weighted by Gasteiger charge is 2.22. The second-order valence-corrected chi connectivity index (χ2v) is 11.8. The van der Waals surface area contributed by atoms with E-state index in [-0.39, 0.29) is 18.1 Å². The molecule has 1 saturated heterocycles. The first-order chi connectivity index (χ1) is 17.9. The number of carbonyl (C=O) groups is 1. The van der Waals surface area contributed by atoms with Crippen molar-refractivity contribution in [3.05, 3.63) is 75.7 Å². The van der Waals surface area contributed by atoms with E-state index in [9.17, 15) is 9.90 Å². The molecule has 1 aliphatic carbocycles. The van der Waals surface area contributed by atoms with Crippen LogP contribution in [0.2, 0.25) is 0 Å². The molecule has 0 spiro atoms. The van der Waals surface area contributed by atoms with Crippen molar-refractivity contribution in [1.82, 2.24) is 16.0 Å². The van der Waals surface area contributed by atoms with Crippen molar-refractivity contribution in [2.45, 2.75) is 70.8 Å². The lowest BCUT2D eigenvalue weighted by Crippen LogP contribution is -2.51. The number of aliphatic hydroxyl groups is 1. The van der Waals surface area contributed by atoms with Crippen LogP contribution < -0.4 is 21.3 Å². The number of nitrogens with one attached hydrogen (secondary N) is 4. The number of anilines is 1. The maximum absolute atomic E-state index is 13.2. The minimum absolute atomic E-state index is 0.0523. The second-order valence-electron chi connectivity index (χ2n) is 10.6. The average molecular weight is 519 g/mol. The zero-order chi connectivity index (χ0) is 25.9. The van der Waals surface area contributed by atoms with Gasteiger partial charge in [0.15, 0.2) is 0 Å². The van der Waals surface area contributed by atoms with Crippen LogP contribution in [-0.4, -0.2) is 42.3 Å². The predicted molar refractivity (Wildman–Crippen MR) is 152 cm³/mol. The fourth-order valence-corrected chi connectivity index (χ4v) is 6.32. The summed E-state index contributed by atoms with van der Waals surface area (Å²) < 4.78 is 0. The Balaban J connectivity index is 1.25. The van der Waals surface area contributed by atoms with Crippen LogP contribution in [-0.2, 0) is 6.54 Å². The zero-order valence-corrected chi connectivity index (χ0v) is 22.8. The molecular formula is C30H38N4O2S. The van der Waals surface area contributed by atoms with Crippen molar-refractivity contribution in [3.63, 3.8) is 0 Å². The standard InChI is InChI=1S/C30H38N4O2S/c1-18-7-8-24(34-25-15-31-16-25)14-28(18)30(36)33-20(3)21-5-4-6-22(12-21)29-19(2)11-27(37-29)17-32-23-9-10-26(35)13-23/h4-8,11-12,14,20,23,25-26,31-32,34-35H,9-10,13,15-17H2,1-3H3,(H,33,36)/t20?,23-,26+/m0/s1. The third kappa shape index (κ3) is 6.24. The molecular weight excluding hydrogens is 480 g/mol.